The molecule has 2 bridgehead atoms. The van der Waals surface area contributed by atoms with Crippen molar-refractivity contribution in [2.45, 2.75) is 55.9 Å². The van der Waals surface area contributed by atoms with Crippen molar-refractivity contribution in [1.29, 1.82) is 0 Å². The fourth-order valence-corrected chi connectivity index (χ4v) is 6.89. The smallest absolute Gasteiger partial charge is 0.275 e. The van der Waals surface area contributed by atoms with Gasteiger partial charge in [0, 0.05) is 37.8 Å². The van der Waals surface area contributed by atoms with Gasteiger partial charge in [0.15, 0.2) is 0 Å². The third-order valence-corrected chi connectivity index (χ3v) is 8.60. The highest BCUT2D eigenvalue weighted by molar-refractivity contribution is 7.92. The lowest BCUT2D eigenvalue weighted by molar-refractivity contribution is 0.0968. The van der Waals surface area contributed by atoms with E-state index in [1.807, 2.05) is 10.6 Å². The van der Waals surface area contributed by atoms with Gasteiger partial charge in [-0.3, -0.25) is 9.52 Å². The Morgan fingerprint density at radius 1 is 0.935 bits per heavy atom. The summed E-state index contributed by atoms with van der Waals surface area (Å²) in [6.45, 7) is 3.90. The lowest BCUT2D eigenvalue weighted by Gasteiger charge is -2.44. The van der Waals surface area contributed by atoms with E-state index < -0.39 is 10.0 Å². The molecular formula is C24H31N3O3S. The molecule has 1 saturated carbocycles. The first-order chi connectivity index (χ1) is 15.0. The average molecular weight is 442 g/mol. The second-order valence-electron chi connectivity index (χ2n) is 9.53. The Bertz CT molecular complexity index is 1090. The second-order valence-corrected chi connectivity index (χ2v) is 11.2. The van der Waals surface area contributed by atoms with E-state index in [0.29, 0.717) is 18.4 Å². The molecule has 0 unspecified atom stereocenters. The number of aromatic nitrogens is 1. The number of likely N-dealkylation sites (tertiary alicyclic amines) is 1. The van der Waals surface area contributed by atoms with Crippen molar-refractivity contribution in [3.8, 4) is 0 Å². The molecule has 1 aliphatic carbocycles. The molecule has 1 saturated heterocycles. The van der Waals surface area contributed by atoms with Crippen LogP contribution in [0.15, 0.2) is 52.2 Å². The molecule has 2 fully saturated rings. The standard InChI is InChI=1S/C24H31N3O3S/c28-24-22(25-31(29,30)21-9-5-2-6-10-21)11-12-23-20-13-19(16-27(23)24)15-26(17-20)14-18-7-3-1-4-8-18/h2,5-6,9-12,18-20,25H,1,3-4,7-8,13-17H2/t19-,20+/m0/s1. The van der Waals surface area contributed by atoms with E-state index in [1.54, 1.807) is 24.3 Å². The minimum Gasteiger partial charge on any atom is -0.310 e. The zero-order valence-electron chi connectivity index (χ0n) is 17.9. The minimum absolute atomic E-state index is 0.131. The number of pyridine rings is 1. The molecule has 166 valence electrons. The molecule has 1 aromatic heterocycles. The molecule has 3 aliphatic rings. The fraction of sp³-hybridized carbons (Fsp3) is 0.542. The van der Waals surface area contributed by atoms with E-state index in [0.717, 1.165) is 31.1 Å². The monoisotopic (exact) mass is 441 g/mol. The predicted molar refractivity (Wildman–Crippen MR) is 122 cm³/mol. The van der Waals surface area contributed by atoms with Crippen molar-refractivity contribution in [2.75, 3.05) is 24.4 Å². The SMILES string of the molecule is O=c1c(NS(=O)(=O)c2ccccc2)ccc2n1C[C@H]1C[C@@H]2CN(CC2CCCCC2)C1. The number of fused-ring (bicyclic) bond motifs is 4. The van der Waals surface area contributed by atoms with E-state index in [-0.39, 0.29) is 16.1 Å². The molecule has 6 nitrogen and oxygen atoms in total. The van der Waals surface area contributed by atoms with Gasteiger partial charge in [0.05, 0.1) is 4.90 Å². The van der Waals surface area contributed by atoms with Crippen molar-refractivity contribution >= 4 is 15.7 Å². The van der Waals surface area contributed by atoms with Crippen LogP contribution in [0.4, 0.5) is 5.69 Å². The molecule has 7 heteroatoms. The van der Waals surface area contributed by atoms with Gasteiger partial charge >= 0.3 is 0 Å². The molecule has 1 N–H and O–H groups in total. The molecule has 2 atom stereocenters. The number of hydrogen-bond acceptors (Lipinski definition) is 4. The highest BCUT2D eigenvalue weighted by Crippen LogP contribution is 2.36. The Hall–Kier alpha value is -2.12. The molecule has 2 aliphatic heterocycles. The summed E-state index contributed by atoms with van der Waals surface area (Å²) < 4.78 is 29.7. The van der Waals surface area contributed by atoms with Crippen LogP contribution in [0.5, 0.6) is 0 Å². The molecule has 31 heavy (non-hydrogen) atoms. The first-order valence-electron chi connectivity index (χ1n) is 11.5. The normalized spacial score (nSPS) is 24.5. The Balaban J connectivity index is 1.35. The summed E-state index contributed by atoms with van der Waals surface area (Å²) in [5, 5.41) is 0. The maximum absolute atomic E-state index is 13.2. The van der Waals surface area contributed by atoms with Crippen molar-refractivity contribution in [3.63, 3.8) is 0 Å². The third-order valence-electron chi connectivity index (χ3n) is 7.22. The van der Waals surface area contributed by atoms with Crippen LogP contribution in [0.3, 0.4) is 0 Å². The van der Waals surface area contributed by atoms with Crippen molar-refractivity contribution < 1.29 is 8.42 Å². The van der Waals surface area contributed by atoms with Crippen molar-refractivity contribution in [3.05, 3.63) is 58.5 Å². The molecule has 0 amide bonds. The maximum Gasteiger partial charge on any atom is 0.275 e. The Morgan fingerprint density at radius 3 is 2.48 bits per heavy atom. The summed E-state index contributed by atoms with van der Waals surface area (Å²) in [6.07, 6.45) is 7.94. The summed E-state index contributed by atoms with van der Waals surface area (Å²) in [7, 11) is -3.78. The Kier molecular flexibility index (Phi) is 5.65. The molecule has 1 aromatic carbocycles. The van der Waals surface area contributed by atoms with Crippen LogP contribution in [0.1, 0.15) is 50.1 Å². The number of hydrogen-bond donors (Lipinski definition) is 1. The molecule has 0 radical (unpaired) electrons. The number of piperidine rings is 1. The van der Waals surface area contributed by atoms with Gasteiger partial charge in [-0.25, -0.2) is 8.42 Å². The molecule has 3 heterocycles. The minimum atomic E-state index is -3.78. The van der Waals surface area contributed by atoms with Gasteiger partial charge < -0.3 is 9.47 Å². The van der Waals surface area contributed by atoms with Gasteiger partial charge in [0.1, 0.15) is 5.69 Å². The van der Waals surface area contributed by atoms with Crippen LogP contribution < -0.4 is 10.3 Å². The number of rotatable bonds is 5. The van der Waals surface area contributed by atoms with E-state index in [9.17, 15) is 13.2 Å². The van der Waals surface area contributed by atoms with E-state index in [1.165, 1.54) is 50.8 Å². The van der Waals surface area contributed by atoms with E-state index in [4.69, 9.17) is 0 Å². The number of nitrogens with zero attached hydrogens (tertiary/aromatic N) is 2. The maximum atomic E-state index is 13.2. The molecule has 2 aromatic rings. The summed E-state index contributed by atoms with van der Waals surface area (Å²) in [5.74, 6) is 1.63. The topological polar surface area (TPSA) is 71.4 Å². The van der Waals surface area contributed by atoms with Gasteiger partial charge in [0.2, 0.25) is 0 Å². The van der Waals surface area contributed by atoms with Crippen LogP contribution in [0.25, 0.3) is 0 Å². The first kappa shape index (κ1) is 20.8. The fourth-order valence-electron chi connectivity index (χ4n) is 5.81. The van der Waals surface area contributed by atoms with Gasteiger partial charge in [-0.15, -0.1) is 0 Å². The summed E-state index contributed by atoms with van der Waals surface area (Å²) >= 11 is 0. The zero-order valence-corrected chi connectivity index (χ0v) is 18.7. The summed E-state index contributed by atoms with van der Waals surface area (Å²) in [5.41, 5.74) is 0.955. The number of anilines is 1. The highest BCUT2D eigenvalue weighted by atomic mass is 32.2. The van der Waals surface area contributed by atoms with Crippen LogP contribution in [0.2, 0.25) is 0 Å². The van der Waals surface area contributed by atoms with Crippen LogP contribution in [0, 0.1) is 11.8 Å². The highest BCUT2D eigenvalue weighted by Gasteiger charge is 2.36. The van der Waals surface area contributed by atoms with Crippen LogP contribution in [-0.2, 0) is 16.6 Å². The lowest BCUT2D eigenvalue weighted by Crippen LogP contribution is -2.48. The average Bonchev–Trinajstić information content (AvgIpc) is 2.77. The van der Waals surface area contributed by atoms with E-state index >= 15 is 0 Å². The Labute approximate surface area is 184 Å². The molecule has 5 rings (SSSR count). The quantitative estimate of drug-likeness (QED) is 0.769. The predicted octanol–water partition coefficient (Wildman–Crippen LogP) is 3.65. The van der Waals surface area contributed by atoms with Gasteiger partial charge in [-0.2, -0.15) is 0 Å². The zero-order chi connectivity index (χ0) is 21.4. The number of benzene rings is 1. The molecule has 0 spiro atoms. The largest absolute Gasteiger partial charge is 0.310 e. The summed E-state index contributed by atoms with van der Waals surface area (Å²) in [4.78, 5) is 16.0. The van der Waals surface area contributed by atoms with Crippen molar-refractivity contribution in [2.24, 2.45) is 11.8 Å². The van der Waals surface area contributed by atoms with Gasteiger partial charge in [0.25, 0.3) is 15.6 Å². The molecular weight excluding hydrogens is 410 g/mol. The lowest BCUT2D eigenvalue weighted by atomic mass is 9.81. The number of sulfonamides is 1. The summed E-state index contributed by atoms with van der Waals surface area (Å²) in [6, 6.07) is 11.8. The number of nitrogens with one attached hydrogen (secondary N) is 1. The van der Waals surface area contributed by atoms with Crippen LogP contribution in [-0.4, -0.2) is 37.5 Å². The van der Waals surface area contributed by atoms with Gasteiger partial charge in [-0.1, -0.05) is 37.5 Å². The first-order valence-corrected chi connectivity index (χ1v) is 13.0. The van der Waals surface area contributed by atoms with Crippen LogP contribution >= 0.6 is 0 Å². The van der Waals surface area contributed by atoms with Gasteiger partial charge in [-0.05, 0) is 55.4 Å². The van der Waals surface area contributed by atoms with E-state index in [2.05, 4.69) is 9.62 Å². The van der Waals surface area contributed by atoms with Crippen molar-refractivity contribution in [1.82, 2.24) is 9.47 Å². The third kappa shape index (κ3) is 4.30. The second kappa shape index (κ2) is 8.43. The Morgan fingerprint density at radius 2 is 1.71 bits per heavy atom.